The van der Waals surface area contributed by atoms with Crippen molar-refractivity contribution in [3.05, 3.63) is 60.8 Å². The van der Waals surface area contributed by atoms with E-state index in [0.29, 0.717) is 0 Å². The van der Waals surface area contributed by atoms with Crippen molar-refractivity contribution in [1.29, 1.82) is 0 Å². The Morgan fingerprint density at radius 2 is 1.00 bits per heavy atom. The molecule has 1 aliphatic carbocycles. The van der Waals surface area contributed by atoms with E-state index < -0.39 is 0 Å². The summed E-state index contributed by atoms with van der Waals surface area (Å²) in [6.45, 7) is 0. The molecule has 0 fully saturated rings. The monoisotopic (exact) mass is 186 g/mol. The van der Waals surface area contributed by atoms with Crippen LogP contribution in [0.2, 0.25) is 0 Å². The number of hydrogen-bond acceptors (Lipinski definition) is 0. The molecule has 74 valence electrons. The van der Waals surface area contributed by atoms with E-state index in [4.69, 9.17) is 0 Å². The average Bonchev–Trinajstić information content (AvgIpc) is 2.22. The molecule has 1 aliphatic rings. The Bertz CT molecular complexity index is 262. The van der Waals surface area contributed by atoms with Crippen molar-refractivity contribution >= 4 is 0 Å². The van der Waals surface area contributed by atoms with Crippen molar-refractivity contribution in [1.82, 2.24) is 0 Å². The molecule has 0 unspecified atom stereocenters. The van der Waals surface area contributed by atoms with Crippen LogP contribution in [0.5, 0.6) is 0 Å². The Labute approximate surface area is 87.0 Å². The maximum absolute atomic E-state index is 2.25. The molecule has 0 saturated heterocycles. The van der Waals surface area contributed by atoms with Gasteiger partial charge in [-0.05, 0) is 25.7 Å². The van der Waals surface area contributed by atoms with Crippen molar-refractivity contribution in [3.8, 4) is 0 Å². The Morgan fingerprint density at radius 3 is 1.86 bits per heavy atom. The summed E-state index contributed by atoms with van der Waals surface area (Å²) in [5.74, 6) is 0. The van der Waals surface area contributed by atoms with E-state index in [2.05, 4.69) is 60.8 Å². The first-order valence-electron chi connectivity index (χ1n) is 5.28. The van der Waals surface area contributed by atoms with E-state index in [0.717, 1.165) is 25.7 Å². The summed E-state index contributed by atoms with van der Waals surface area (Å²) in [5, 5.41) is 0. The molecule has 0 nitrogen and oxygen atoms in total. The van der Waals surface area contributed by atoms with Gasteiger partial charge in [-0.25, -0.2) is 0 Å². The SMILES string of the molecule is C1=CC/C=C/C=C\C=C\CC/C=C\C1. The van der Waals surface area contributed by atoms with Crippen LogP contribution in [-0.2, 0) is 0 Å². The van der Waals surface area contributed by atoms with E-state index in [1.165, 1.54) is 0 Å². The van der Waals surface area contributed by atoms with Crippen LogP contribution in [0.25, 0.3) is 0 Å². The summed E-state index contributed by atoms with van der Waals surface area (Å²) in [5.41, 5.74) is 0. The van der Waals surface area contributed by atoms with Crippen LogP contribution in [0.3, 0.4) is 0 Å². The summed E-state index contributed by atoms with van der Waals surface area (Å²) in [4.78, 5) is 0. The normalized spacial score (nSPS) is 27.4. The number of rotatable bonds is 0. The van der Waals surface area contributed by atoms with E-state index in [9.17, 15) is 0 Å². The van der Waals surface area contributed by atoms with Crippen LogP contribution in [0.4, 0.5) is 0 Å². The molecule has 0 heteroatoms. The lowest BCUT2D eigenvalue weighted by molar-refractivity contribution is 1.04. The Hall–Kier alpha value is -1.30. The van der Waals surface area contributed by atoms with Gasteiger partial charge in [0.25, 0.3) is 0 Å². The molecule has 0 N–H and O–H groups in total. The predicted molar refractivity (Wildman–Crippen MR) is 64.2 cm³/mol. The molecule has 0 aromatic heterocycles. The number of allylic oxidation sites excluding steroid dienone is 10. The summed E-state index contributed by atoms with van der Waals surface area (Å²) < 4.78 is 0. The molecule has 0 aromatic carbocycles. The summed E-state index contributed by atoms with van der Waals surface area (Å²) in [6.07, 6.45) is 26.0. The smallest absolute Gasteiger partial charge is 0.0166 e. The predicted octanol–water partition coefficient (Wildman–Crippen LogP) is 4.34. The van der Waals surface area contributed by atoms with Crippen LogP contribution in [0.1, 0.15) is 25.7 Å². The van der Waals surface area contributed by atoms with Crippen molar-refractivity contribution < 1.29 is 0 Å². The van der Waals surface area contributed by atoms with Gasteiger partial charge in [-0.15, -0.1) is 0 Å². The highest BCUT2D eigenvalue weighted by Gasteiger charge is 1.77. The van der Waals surface area contributed by atoms with Crippen LogP contribution in [0.15, 0.2) is 60.8 Å². The van der Waals surface area contributed by atoms with Crippen molar-refractivity contribution in [2.75, 3.05) is 0 Å². The second-order valence-electron chi connectivity index (χ2n) is 3.23. The molecule has 0 amide bonds. The summed E-state index contributed by atoms with van der Waals surface area (Å²) >= 11 is 0. The van der Waals surface area contributed by atoms with Gasteiger partial charge < -0.3 is 0 Å². The molecule has 0 spiro atoms. The summed E-state index contributed by atoms with van der Waals surface area (Å²) in [7, 11) is 0. The second kappa shape index (κ2) is 8.31. The average molecular weight is 186 g/mol. The van der Waals surface area contributed by atoms with Crippen molar-refractivity contribution in [2.45, 2.75) is 25.7 Å². The minimum Gasteiger partial charge on any atom is -0.0879 e. The minimum atomic E-state index is 1.03. The lowest BCUT2D eigenvalue weighted by Crippen LogP contribution is -1.66. The second-order valence-corrected chi connectivity index (χ2v) is 3.23. The third-order valence-electron chi connectivity index (χ3n) is 1.98. The van der Waals surface area contributed by atoms with Gasteiger partial charge in [-0.1, -0.05) is 60.8 Å². The lowest BCUT2D eigenvalue weighted by Gasteiger charge is -1.87. The van der Waals surface area contributed by atoms with Gasteiger partial charge >= 0.3 is 0 Å². The van der Waals surface area contributed by atoms with Gasteiger partial charge in [0.1, 0.15) is 0 Å². The van der Waals surface area contributed by atoms with E-state index in [1.807, 2.05) is 0 Å². The van der Waals surface area contributed by atoms with Gasteiger partial charge in [0.2, 0.25) is 0 Å². The fourth-order valence-corrected chi connectivity index (χ4v) is 1.22. The third kappa shape index (κ3) is 6.24. The van der Waals surface area contributed by atoms with Gasteiger partial charge in [0, 0.05) is 0 Å². The molecular formula is C14H18. The third-order valence-corrected chi connectivity index (χ3v) is 1.98. The van der Waals surface area contributed by atoms with Gasteiger partial charge in [-0.3, -0.25) is 0 Å². The lowest BCUT2D eigenvalue weighted by atomic mass is 10.2. The molecule has 0 aliphatic heterocycles. The van der Waals surface area contributed by atoms with E-state index in [1.54, 1.807) is 0 Å². The Morgan fingerprint density at radius 1 is 0.429 bits per heavy atom. The molecule has 0 saturated carbocycles. The maximum Gasteiger partial charge on any atom is -0.0166 e. The zero-order valence-corrected chi connectivity index (χ0v) is 8.60. The molecule has 0 aromatic rings. The van der Waals surface area contributed by atoms with Crippen LogP contribution in [0, 0.1) is 0 Å². The zero-order valence-electron chi connectivity index (χ0n) is 8.60. The maximum atomic E-state index is 2.25. The van der Waals surface area contributed by atoms with E-state index in [-0.39, 0.29) is 0 Å². The fourth-order valence-electron chi connectivity index (χ4n) is 1.22. The molecular weight excluding hydrogens is 168 g/mol. The molecule has 14 heavy (non-hydrogen) atoms. The Kier molecular flexibility index (Phi) is 6.39. The topological polar surface area (TPSA) is 0 Å². The molecule has 0 atom stereocenters. The standard InChI is InChI=1S/C14H18/c1-2-4-6-8-10-12-14-13-11-9-7-5-3-1/h1-6,9,11-12,14H,7-8,10,13H2/b2-1-,5-3+,6-4+,11-9?,14-12-. The minimum absolute atomic E-state index is 1.03. The first-order valence-corrected chi connectivity index (χ1v) is 5.28. The van der Waals surface area contributed by atoms with Crippen LogP contribution < -0.4 is 0 Å². The van der Waals surface area contributed by atoms with Crippen molar-refractivity contribution in [2.24, 2.45) is 0 Å². The highest BCUT2D eigenvalue weighted by atomic mass is 13.8. The molecule has 0 heterocycles. The largest absolute Gasteiger partial charge is 0.0879 e. The highest BCUT2D eigenvalue weighted by molar-refractivity contribution is 5.12. The Balaban J connectivity index is 2.45. The highest BCUT2D eigenvalue weighted by Crippen LogP contribution is 1.97. The van der Waals surface area contributed by atoms with Crippen LogP contribution in [-0.4, -0.2) is 0 Å². The van der Waals surface area contributed by atoms with Gasteiger partial charge in [0.15, 0.2) is 0 Å². The first kappa shape index (κ1) is 10.8. The summed E-state index contributed by atoms with van der Waals surface area (Å²) in [6, 6.07) is 0. The molecule has 0 bridgehead atoms. The van der Waals surface area contributed by atoms with Gasteiger partial charge in [-0.2, -0.15) is 0 Å². The van der Waals surface area contributed by atoms with E-state index >= 15 is 0 Å². The fraction of sp³-hybridized carbons (Fsp3) is 0.286. The van der Waals surface area contributed by atoms with Crippen molar-refractivity contribution in [3.63, 3.8) is 0 Å². The zero-order chi connectivity index (χ0) is 9.90. The van der Waals surface area contributed by atoms with Gasteiger partial charge in [0.05, 0.1) is 0 Å². The molecule has 0 radical (unpaired) electrons. The van der Waals surface area contributed by atoms with Crippen LogP contribution >= 0.6 is 0 Å². The number of hydrogen-bond donors (Lipinski definition) is 0. The molecule has 1 rings (SSSR count). The first-order chi connectivity index (χ1) is 7.00. The quantitative estimate of drug-likeness (QED) is 0.494.